The van der Waals surface area contributed by atoms with Crippen LogP contribution in [0.15, 0.2) is 18.2 Å². The van der Waals surface area contributed by atoms with Crippen LogP contribution in [0.4, 0.5) is 0 Å². The number of aryl methyl sites for hydroxylation is 1. The third kappa shape index (κ3) is 5.15. The normalized spacial score (nSPS) is 10.1. The second kappa shape index (κ2) is 8.34. The lowest BCUT2D eigenvalue weighted by molar-refractivity contribution is -0.121. The molecule has 0 fully saturated rings. The van der Waals surface area contributed by atoms with E-state index in [4.69, 9.17) is 15.4 Å². The Hall–Kier alpha value is -1.79. The Morgan fingerprint density at radius 3 is 2.63 bits per heavy atom. The first-order chi connectivity index (χ1) is 9.21. The first-order valence-corrected chi connectivity index (χ1v) is 6.00. The van der Waals surface area contributed by atoms with Crippen LogP contribution in [0.3, 0.4) is 0 Å². The lowest BCUT2D eigenvalue weighted by Crippen LogP contribution is -2.28. The van der Waals surface area contributed by atoms with E-state index in [1.54, 1.807) is 14.2 Å². The summed E-state index contributed by atoms with van der Waals surface area (Å²) < 4.78 is 10.4. The van der Waals surface area contributed by atoms with E-state index in [0.29, 0.717) is 37.5 Å². The number of ether oxygens (including phenoxy) is 2. The molecular weight excluding hydrogens is 248 g/mol. The van der Waals surface area contributed by atoms with E-state index in [9.17, 15) is 4.79 Å². The Bertz CT molecular complexity index is 410. The minimum atomic E-state index is -0.0353. The van der Waals surface area contributed by atoms with Crippen LogP contribution in [0, 0.1) is 0 Å². The molecule has 1 aromatic rings. The van der Waals surface area contributed by atoms with Crippen LogP contribution in [-0.2, 0) is 16.1 Å². The number of nitrogens with one attached hydrogen (secondary N) is 1. The van der Waals surface area contributed by atoms with Gasteiger partial charge in [0.1, 0.15) is 0 Å². The number of rotatable bonds is 8. The second-order valence-corrected chi connectivity index (χ2v) is 3.91. The summed E-state index contributed by atoms with van der Waals surface area (Å²) in [5.74, 6) is 6.17. The molecule has 1 rings (SSSR count). The molecule has 0 bridgehead atoms. The van der Waals surface area contributed by atoms with Gasteiger partial charge in [-0.2, -0.15) is 0 Å². The van der Waals surface area contributed by atoms with Gasteiger partial charge < -0.3 is 19.6 Å². The fourth-order valence-corrected chi connectivity index (χ4v) is 1.63. The van der Waals surface area contributed by atoms with Gasteiger partial charge in [0.2, 0.25) is 5.91 Å². The predicted molar refractivity (Wildman–Crippen MR) is 71.0 cm³/mol. The molecule has 0 unspecified atom stereocenters. The molecule has 0 saturated carbocycles. The molecule has 6 nitrogen and oxygen atoms in total. The van der Waals surface area contributed by atoms with Crippen molar-refractivity contribution in [2.75, 3.05) is 27.4 Å². The Morgan fingerprint density at radius 2 is 2.00 bits per heavy atom. The van der Waals surface area contributed by atoms with E-state index in [0.717, 1.165) is 5.56 Å². The van der Waals surface area contributed by atoms with Crippen LogP contribution in [0.25, 0.3) is 0 Å². The number of hydrogen-bond acceptors (Lipinski definition) is 5. The van der Waals surface area contributed by atoms with Crippen molar-refractivity contribution >= 4 is 5.91 Å². The van der Waals surface area contributed by atoms with Gasteiger partial charge in [-0.3, -0.25) is 4.79 Å². The molecule has 1 amide bonds. The SMILES string of the molecule is COc1ccc(CCC(=O)NCCON)cc1OC. The van der Waals surface area contributed by atoms with Crippen LogP contribution in [-0.4, -0.2) is 33.3 Å². The largest absolute Gasteiger partial charge is 0.493 e. The van der Waals surface area contributed by atoms with E-state index in [-0.39, 0.29) is 5.91 Å². The molecule has 0 atom stereocenters. The average molecular weight is 268 g/mol. The van der Waals surface area contributed by atoms with Crippen molar-refractivity contribution in [3.8, 4) is 11.5 Å². The number of benzene rings is 1. The van der Waals surface area contributed by atoms with Crippen LogP contribution in [0.5, 0.6) is 11.5 Å². The fraction of sp³-hybridized carbons (Fsp3) is 0.462. The van der Waals surface area contributed by atoms with Crippen LogP contribution >= 0.6 is 0 Å². The Kier molecular flexibility index (Phi) is 6.70. The number of hydrogen-bond donors (Lipinski definition) is 2. The summed E-state index contributed by atoms with van der Waals surface area (Å²) in [4.78, 5) is 15.9. The van der Waals surface area contributed by atoms with Crippen molar-refractivity contribution in [2.24, 2.45) is 5.90 Å². The molecule has 0 spiro atoms. The third-order valence-electron chi connectivity index (χ3n) is 2.63. The lowest BCUT2D eigenvalue weighted by atomic mass is 10.1. The van der Waals surface area contributed by atoms with E-state index in [1.807, 2.05) is 18.2 Å². The maximum atomic E-state index is 11.5. The van der Waals surface area contributed by atoms with Crippen molar-refractivity contribution < 1.29 is 19.1 Å². The van der Waals surface area contributed by atoms with Gasteiger partial charge >= 0.3 is 0 Å². The average Bonchev–Trinajstić information content (AvgIpc) is 2.45. The molecule has 0 aliphatic carbocycles. The standard InChI is InChI=1S/C13H20N2O4/c1-17-11-5-3-10(9-12(11)18-2)4-6-13(16)15-7-8-19-14/h3,5,9H,4,6-8,14H2,1-2H3,(H,15,16). The van der Waals surface area contributed by atoms with E-state index >= 15 is 0 Å². The molecule has 6 heteroatoms. The van der Waals surface area contributed by atoms with Gasteiger partial charge in [-0.25, -0.2) is 5.90 Å². The number of methoxy groups -OCH3 is 2. The summed E-state index contributed by atoms with van der Waals surface area (Å²) in [6.45, 7) is 0.726. The Balaban J connectivity index is 2.47. The number of amides is 1. The van der Waals surface area contributed by atoms with E-state index in [1.165, 1.54) is 0 Å². The Morgan fingerprint density at radius 1 is 1.26 bits per heavy atom. The summed E-state index contributed by atoms with van der Waals surface area (Å²) in [5.41, 5.74) is 1.02. The topological polar surface area (TPSA) is 82.8 Å². The van der Waals surface area contributed by atoms with Crippen LogP contribution < -0.4 is 20.7 Å². The third-order valence-corrected chi connectivity index (χ3v) is 2.63. The van der Waals surface area contributed by atoms with Gasteiger partial charge in [0.15, 0.2) is 11.5 Å². The summed E-state index contributed by atoms with van der Waals surface area (Å²) in [5, 5.41) is 2.71. The molecule has 0 aliphatic rings. The van der Waals surface area contributed by atoms with Crippen molar-refractivity contribution in [3.63, 3.8) is 0 Å². The zero-order valence-corrected chi connectivity index (χ0v) is 11.3. The molecule has 106 valence electrons. The molecule has 0 aliphatic heterocycles. The number of nitrogens with two attached hydrogens (primary N) is 1. The summed E-state index contributed by atoms with van der Waals surface area (Å²) in [7, 11) is 3.17. The zero-order chi connectivity index (χ0) is 14.1. The van der Waals surface area contributed by atoms with Crippen molar-refractivity contribution in [3.05, 3.63) is 23.8 Å². The quantitative estimate of drug-likeness (QED) is 0.534. The van der Waals surface area contributed by atoms with Crippen molar-refractivity contribution in [1.29, 1.82) is 0 Å². The van der Waals surface area contributed by atoms with Gasteiger partial charge in [-0.1, -0.05) is 6.07 Å². The van der Waals surface area contributed by atoms with Crippen molar-refractivity contribution in [1.82, 2.24) is 5.32 Å². The van der Waals surface area contributed by atoms with Gasteiger partial charge in [0.25, 0.3) is 0 Å². The predicted octanol–water partition coefficient (Wildman–Crippen LogP) is 0.643. The summed E-state index contributed by atoms with van der Waals surface area (Å²) in [6.07, 6.45) is 1.04. The smallest absolute Gasteiger partial charge is 0.220 e. The van der Waals surface area contributed by atoms with E-state index in [2.05, 4.69) is 10.2 Å². The highest BCUT2D eigenvalue weighted by molar-refractivity contribution is 5.76. The zero-order valence-electron chi connectivity index (χ0n) is 11.3. The lowest BCUT2D eigenvalue weighted by Gasteiger charge is -2.09. The molecule has 0 saturated heterocycles. The van der Waals surface area contributed by atoms with Gasteiger partial charge in [-0.15, -0.1) is 0 Å². The first-order valence-electron chi connectivity index (χ1n) is 6.00. The monoisotopic (exact) mass is 268 g/mol. The number of carbonyl (C=O) groups is 1. The second-order valence-electron chi connectivity index (χ2n) is 3.91. The summed E-state index contributed by atoms with van der Waals surface area (Å²) >= 11 is 0. The molecule has 3 N–H and O–H groups in total. The van der Waals surface area contributed by atoms with Crippen LogP contribution in [0.2, 0.25) is 0 Å². The maximum Gasteiger partial charge on any atom is 0.220 e. The minimum absolute atomic E-state index is 0.0353. The first kappa shape index (κ1) is 15.3. The highest BCUT2D eigenvalue weighted by atomic mass is 16.6. The van der Waals surface area contributed by atoms with Gasteiger partial charge in [0.05, 0.1) is 20.8 Å². The number of carbonyl (C=O) groups excluding carboxylic acids is 1. The highest BCUT2D eigenvalue weighted by Crippen LogP contribution is 2.27. The molecule has 19 heavy (non-hydrogen) atoms. The summed E-state index contributed by atoms with van der Waals surface area (Å²) in [6, 6.07) is 5.61. The van der Waals surface area contributed by atoms with Gasteiger partial charge in [0, 0.05) is 13.0 Å². The molecule has 0 radical (unpaired) electrons. The molecular formula is C13H20N2O4. The van der Waals surface area contributed by atoms with Gasteiger partial charge in [-0.05, 0) is 24.1 Å². The molecule has 0 aromatic heterocycles. The maximum absolute atomic E-state index is 11.5. The van der Waals surface area contributed by atoms with Crippen LogP contribution in [0.1, 0.15) is 12.0 Å². The molecule has 1 aromatic carbocycles. The Labute approximate surface area is 112 Å². The van der Waals surface area contributed by atoms with Crippen molar-refractivity contribution in [2.45, 2.75) is 12.8 Å². The fourth-order valence-electron chi connectivity index (χ4n) is 1.63. The van der Waals surface area contributed by atoms with E-state index < -0.39 is 0 Å². The minimum Gasteiger partial charge on any atom is -0.493 e. The molecule has 0 heterocycles. The highest BCUT2D eigenvalue weighted by Gasteiger charge is 2.06.